The number of nitrogens with one attached hydrogen (secondary N) is 1. The molecule has 0 amide bonds. The molecule has 1 atom stereocenters. The van der Waals surface area contributed by atoms with Gasteiger partial charge < -0.3 is 15.3 Å². The van der Waals surface area contributed by atoms with Crippen molar-refractivity contribution in [2.75, 3.05) is 33.7 Å². The maximum atomic E-state index is 10.0. The van der Waals surface area contributed by atoms with Crippen LogP contribution in [0.1, 0.15) is 19.3 Å². The molecule has 1 saturated heterocycles. The number of hydrogen-bond donors (Lipinski definition) is 2. The zero-order valence-corrected chi connectivity index (χ0v) is 8.14. The molecule has 1 rings (SSSR count). The first-order chi connectivity index (χ1) is 5.62. The number of rotatable bonds is 3. The fraction of sp³-hybridized carbons (Fsp3) is 1.00. The molecule has 0 aromatic heterocycles. The molecule has 1 unspecified atom stereocenters. The number of piperidine rings is 1. The zero-order chi connectivity index (χ0) is 9.03. The fourth-order valence-electron chi connectivity index (χ4n) is 1.60. The minimum absolute atomic E-state index is 0.442. The van der Waals surface area contributed by atoms with E-state index in [0.29, 0.717) is 0 Å². The van der Waals surface area contributed by atoms with Crippen LogP contribution in [0.3, 0.4) is 0 Å². The summed E-state index contributed by atoms with van der Waals surface area (Å²) in [7, 11) is 4.08. The predicted molar refractivity (Wildman–Crippen MR) is 50.2 cm³/mol. The van der Waals surface area contributed by atoms with E-state index >= 15 is 0 Å². The number of aliphatic hydroxyl groups is 1. The summed E-state index contributed by atoms with van der Waals surface area (Å²) in [4.78, 5) is 2.12. The molecule has 0 radical (unpaired) electrons. The quantitative estimate of drug-likeness (QED) is 0.631. The van der Waals surface area contributed by atoms with Gasteiger partial charge >= 0.3 is 0 Å². The first kappa shape index (κ1) is 9.96. The molecule has 72 valence electrons. The van der Waals surface area contributed by atoms with Crippen LogP contribution in [-0.2, 0) is 0 Å². The normalized spacial score (nSPS) is 31.0. The molecule has 0 aromatic rings. The van der Waals surface area contributed by atoms with E-state index in [2.05, 4.69) is 10.2 Å². The molecule has 0 aliphatic carbocycles. The minimum Gasteiger partial charge on any atom is -0.389 e. The summed E-state index contributed by atoms with van der Waals surface area (Å²) in [5.41, 5.74) is -0.442. The molecule has 0 aromatic carbocycles. The van der Waals surface area contributed by atoms with Crippen molar-refractivity contribution in [3.63, 3.8) is 0 Å². The van der Waals surface area contributed by atoms with Crippen molar-refractivity contribution in [2.24, 2.45) is 0 Å². The Hall–Kier alpha value is -0.120. The zero-order valence-electron chi connectivity index (χ0n) is 8.14. The Morgan fingerprint density at radius 2 is 2.25 bits per heavy atom. The van der Waals surface area contributed by atoms with Crippen LogP contribution in [0.25, 0.3) is 0 Å². The molecule has 0 saturated carbocycles. The second-order valence-electron chi connectivity index (χ2n) is 4.06. The van der Waals surface area contributed by atoms with Gasteiger partial charge in [-0.25, -0.2) is 0 Å². The highest BCUT2D eigenvalue weighted by molar-refractivity contribution is 4.85. The number of β-amino-alcohol motifs (C(OH)–C–C–N with tert-alkyl or cyclic N) is 1. The van der Waals surface area contributed by atoms with Gasteiger partial charge in [-0.15, -0.1) is 0 Å². The van der Waals surface area contributed by atoms with Gasteiger partial charge in [-0.05, 0) is 39.9 Å². The fourth-order valence-corrected chi connectivity index (χ4v) is 1.60. The topological polar surface area (TPSA) is 35.5 Å². The largest absolute Gasteiger partial charge is 0.389 e. The average Bonchev–Trinajstić information content (AvgIpc) is 2.03. The van der Waals surface area contributed by atoms with Crippen LogP contribution in [0.2, 0.25) is 0 Å². The molecule has 3 heteroatoms. The van der Waals surface area contributed by atoms with E-state index in [9.17, 15) is 5.11 Å². The van der Waals surface area contributed by atoms with E-state index in [-0.39, 0.29) is 0 Å². The monoisotopic (exact) mass is 172 g/mol. The summed E-state index contributed by atoms with van der Waals surface area (Å²) >= 11 is 0. The standard InChI is InChI=1S/C9H20N2O/c1-11(2)7-5-9(12)4-3-6-10-8-9/h10,12H,3-8H2,1-2H3. The maximum absolute atomic E-state index is 10.0. The SMILES string of the molecule is CN(C)CCC1(O)CCCNC1. The van der Waals surface area contributed by atoms with Gasteiger partial charge in [-0.1, -0.05) is 0 Å². The van der Waals surface area contributed by atoms with Gasteiger partial charge in [0.25, 0.3) is 0 Å². The van der Waals surface area contributed by atoms with Crippen molar-refractivity contribution in [1.82, 2.24) is 10.2 Å². The van der Waals surface area contributed by atoms with Crippen molar-refractivity contribution in [3.8, 4) is 0 Å². The highest BCUT2D eigenvalue weighted by atomic mass is 16.3. The van der Waals surface area contributed by atoms with Crippen LogP contribution >= 0.6 is 0 Å². The van der Waals surface area contributed by atoms with Crippen molar-refractivity contribution < 1.29 is 5.11 Å². The van der Waals surface area contributed by atoms with Crippen LogP contribution < -0.4 is 5.32 Å². The lowest BCUT2D eigenvalue weighted by atomic mass is 9.91. The first-order valence-corrected chi connectivity index (χ1v) is 4.70. The van der Waals surface area contributed by atoms with E-state index in [1.165, 1.54) is 0 Å². The van der Waals surface area contributed by atoms with Crippen LogP contribution in [0.5, 0.6) is 0 Å². The van der Waals surface area contributed by atoms with Gasteiger partial charge in [-0.3, -0.25) is 0 Å². The van der Waals surface area contributed by atoms with Crippen molar-refractivity contribution in [3.05, 3.63) is 0 Å². The molecule has 0 bridgehead atoms. The van der Waals surface area contributed by atoms with E-state index in [1.807, 2.05) is 14.1 Å². The Bertz CT molecular complexity index is 130. The Kier molecular flexibility index (Phi) is 3.50. The Labute approximate surface area is 74.8 Å². The molecule has 12 heavy (non-hydrogen) atoms. The van der Waals surface area contributed by atoms with Crippen molar-refractivity contribution >= 4 is 0 Å². The van der Waals surface area contributed by atoms with Crippen LogP contribution in [0, 0.1) is 0 Å². The minimum atomic E-state index is -0.442. The van der Waals surface area contributed by atoms with Crippen LogP contribution in [-0.4, -0.2) is 49.3 Å². The lowest BCUT2D eigenvalue weighted by molar-refractivity contribution is 0.00339. The third-order valence-corrected chi connectivity index (χ3v) is 2.47. The number of hydrogen-bond acceptors (Lipinski definition) is 3. The second kappa shape index (κ2) is 4.21. The Morgan fingerprint density at radius 1 is 1.50 bits per heavy atom. The number of nitrogens with zero attached hydrogens (tertiary/aromatic N) is 1. The van der Waals surface area contributed by atoms with E-state index in [0.717, 1.165) is 38.9 Å². The van der Waals surface area contributed by atoms with Gasteiger partial charge in [0.1, 0.15) is 0 Å². The Balaban J connectivity index is 2.26. The van der Waals surface area contributed by atoms with Gasteiger partial charge in [0.15, 0.2) is 0 Å². The maximum Gasteiger partial charge on any atom is 0.0784 e. The summed E-state index contributed by atoms with van der Waals surface area (Å²) in [5, 5.41) is 13.3. The summed E-state index contributed by atoms with van der Waals surface area (Å²) < 4.78 is 0. The lowest BCUT2D eigenvalue weighted by Gasteiger charge is -2.33. The summed E-state index contributed by atoms with van der Waals surface area (Å²) in [6, 6.07) is 0. The van der Waals surface area contributed by atoms with Crippen LogP contribution in [0.4, 0.5) is 0 Å². The third kappa shape index (κ3) is 3.09. The molecular formula is C9H20N2O. The smallest absolute Gasteiger partial charge is 0.0784 e. The summed E-state index contributed by atoms with van der Waals surface area (Å²) in [5.74, 6) is 0. The molecular weight excluding hydrogens is 152 g/mol. The molecule has 1 fully saturated rings. The Morgan fingerprint density at radius 3 is 2.75 bits per heavy atom. The highest BCUT2D eigenvalue weighted by Gasteiger charge is 2.28. The predicted octanol–water partition coefficient (Wildman–Crippen LogP) is 0.0526. The highest BCUT2D eigenvalue weighted by Crippen LogP contribution is 2.19. The van der Waals surface area contributed by atoms with E-state index in [1.54, 1.807) is 0 Å². The van der Waals surface area contributed by atoms with E-state index < -0.39 is 5.60 Å². The summed E-state index contributed by atoms with van der Waals surface area (Å²) in [6.45, 7) is 2.79. The van der Waals surface area contributed by atoms with Crippen LogP contribution in [0.15, 0.2) is 0 Å². The van der Waals surface area contributed by atoms with Crippen molar-refractivity contribution in [1.29, 1.82) is 0 Å². The molecule has 1 aliphatic heterocycles. The third-order valence-electron chi connectivity index (χ3n) is 2.47. The second-order valence-corrected chi connectivity index (χ2v) is 4.06. The van der Waals surface area contributed by atoms with Gasteiger partial charge in [0, 0.05) is 13.1 Å². The molecule has 3 nitrogen and oxygen atoms in total. The lowest BCUT2D eigenvalue weighted by Crippen LogP contribution is -2.47. The molecule has 1 aliphatic rings. The molecule has 0 spiro atoms. The first-order valence-electron chi connectivity index (χ1n) is 4.70. The molecule has 2 N–H and O–H groups in total. The van der Waals surface area contributed by atoms with Gasteiger partial charge in [0.2, 0.25) is 0 Å². The van der Waals surface area contributed by atoms with E-state index in [4.69, 9.17) is 0 Å². The van der Waals surface area contributed by atoms with Gasteiger partial charge in [-0.2, -0.15) is 0 Å². The average molecular weight is 172 g/mol. The van der Waals surface area contributed by atoms with Gasteiger partial charge in [0.05, 0.1) is 5.60 Å². The molecule has 1 heterocycles. The van der Waals surface area contributed by atoms with Crippen molar-refractivity contribution in [2.45, 2.75) is 24.9 Å². The summed E-state index contributed by atoms with van der Waals surface area (Å²) in [6.07, 6.45) is 2.94.